The van der Waals surface area contributed by atoms with Crippen LogP contribution >= 0.6 is 0 Å². The van der Waals surface area contributed by atoms with Crippen molar-refractivity contribution in [3.8, 4) is 5.88 Å². The molecule has 0 aromatic carbocycles. The Hall–Kier alpha value is -1.66. The minimum atomic E-state index is -0.331. The van der Waals surface area contributed by atoms with Gasteiger partial charge in [0.15, 0.2) is 0 Å². The monoisotopic (exact) mass is 238 g/mol. The second-order valence-corrected chi connectivity index (χ2v) is 3.62. The fraction of sp³-hybridized carbons (Fsp3) is 0.455. The number of ether oxygens (including phenoxy) is 2. The van der Waals surface area contributed by atoms with Crippen molar-refractivity contribution in [2.75, 3.05) is 20.3 Å². The predicted molar refractivity (Wildman–Crippen MR) is 58.6 cm³/mol. The summed E-state index contributed by atoms with van der Waals surface area (Å²) < 4.78 is 10.8. The Bertz CT molecular complexity index is 391. The molecule has 1 saturated heterocycles. The number of hydrogen-bond acceptors (Lipinski definition) is 5. The Morgan fingerprint density at radius 2 is 2.53 bits per heavy atom. The van der Waals surface area contributed by atoms with Crippen LogP contribution in [0.4, 0.5) is 0 Å². The fourth-order valence-electron chi connectivity index (χ4n) is 1.54. The molecular weight excluding hydrogens is 224 g/mol. The van der Waals surface area contributed by atoms with E-state index in [0.29, 0.717) is 24.7 Å². The maximum Gasteiger partial charge on any atom is 0.275 e. The van der Waals surface area contributed by atoms with Crippen LogP contribution in [0.15, 0.2) is 18.3 Å². The van der Waals surface area contributed by atoms with Gasteiger partial charge in [0.05, 0.1) is 20.3 Å². The number of carbonyl (C=O) groups excluding carboxylic acids is 1. The molecule has 17 heavy (non-hydrogen) atoms. The van der Waals surface area contributed by atoms with Gasteiger partial charge in [0, 0.05) is 24.2 Å². The van der Waals surface area contributed by atoms with Crippen LogP contribution in [-0.2, 0) is 9.57 Å². The molecule has 1 aliphatic heterocycles. The molecule has 1 fully saturated rings. The normalized spacial score (nSPS) is 19.0. The Kier molecular flexibility index (Phi) is 3.89. The van der Waals surface area contributed by atoms with Crippen molar-refractivity contribution < 1.29 is 19.1 Å². The molecule has 1 aliphatic rings. The third-order valence-electron chi connectivity index (χ3n) is 2.37. The molecule has 0 spiro atoms. The van der Waals surface area contributed by atoms with Crippen LogP contribution in [0.3, 0.4) is 0 Å². The predicted octanol–water partition coefficient (Wildman–Crippen LogP) is 0.540. The van der Waals surface area contributed by atoms with Gasteiger partial charge < -0.3 is 9.47 Å². The van der Waals surface area contributed by atoms with Crippen LogP contribution in [0.25, 0.3) is 0 Å². The zero-order chi connectivity index (χ0) is 12.1. The Morgan fingerprint density at radius 1 is 1.65 bits per heavy atom. The maximum absolute atomic E-state index is 11.5. The van der Waals surface area contributed by atoms with Crippen LogP contribution in [0, 0.1) is 0 Å². The first-order valence-corrected chi connectivity index (χ1v) is 5.33. The average molecular weight is 238 g/mol. The topological polar surface area (TPSA) is 69.7 Å². The Morgan fingerprint density at radius 3 is 3.24 bits per heavy atom. The second-order valence-electron chi connectivity index (χ2n) is 3.62. The van der Waals surface area contributed by atoms with E-state index in [1.165, 1.54) is 13.3 Å². The first-order valence-electron chi connectivity index (χ1n) is 5.33. The highest BCUT2D eigenvalue weighted by molar-refractivity contribution is 5.93. The molecule has 1 amide bonds. The van der Waals surface area contributed by atoms with Gasteiger partial charge in [0.25, 0.3) is 5.91 Å². The van der Waals surface area contributed by atoms with Crippen LogP contribution in [0.2, 0.25) is 0 Å². The highest BCUT2D eigenvalue weighted by Gasteiger charge is 2.18. The molecule has 0 saturated carbocycles. The average Bonchev–Trinajstić information content (AvgIpc) is 2.82. The van der Waals surface area contributed by atoms with Gasteiger partial charge in [0.2, 0.25) is 5.88 Å². The summed E-state index contributed by atoms with van der Waals surface area (Å²) in [5, 5.41) is 0. The molecule has 1 N–H and O–H groups in total. The molecule has 0 aliphatic carbocycles. The number of hydrogen-bond donors (Lipinski definition) is 1. The number of pyridine rings is 1. The number of nitrogens with zero attached hydrogens (tertiary/aromatic N) is 1. The van der Waals surface area contributed by atoms with Crippen LogP contribution < -0.4 is 10.2 Å². The van der Waals surface area contributed by atoms with Gasteiger partial charge >= 0.3 is 0 Å². The summed E-state index contributed by atoms with van der Waals surface area (Å²) in [4.78, 5) is 20.1. The summed E-state index contributed by atoms with van der Waals surface area (Å²) in [6.45, 7) is 1.27. The third-order valence-corrected chi connectivity index (χ3v) is 2.37. The Labute approximate surface area is 98.8 Å². The molecule has 6 nitrogen and oxygen atoms in total. The number of amides is 1. The largest absolute Gasteiger partial charge is 0.472 e. The number of hydroxylamine groups is 1. The molecule has 2 rings (SSSR count). The zero-order valence-electron chi connectivity index (χ0n) is 9.51. The summed E-state index contributed by atoms with van der Waals surface area (Å²) in [5.41, 5.74) is 2.68. The zero-order valence-corrected chi connectivity index (χ0v) is 9.51. The van der Waals surface area contributed by atoms with Gasteiger partial charge in [-0.3, -0.25) is 9.63 Å². The summed E-state index contributed by atoms with van der Waals surface area (Å²) in [5.74, 6) is 0.0895. The summed E-state index contributed by atoms with van der Waals surface area (Å²) in [7, 11) is 1.38. The number of nitrogens with one attached hydrogen (secondary N) is 1. The lowest BCUT2D eigenvalue weighted by Gasteiger charge is -2.11. The van der Waals surface area contributed by atoms with Gasteiger partial charge in [-0.1, -0.05) is 0 Å². The van der Waals surface area contributed by atoms with E-state index < -0.39 is 0 Å². The molecule has 0 radical (unpaired) electrons. The summed E-state index contributed by atoms with van der Waals surface area (Å²) >= 11 is 0. The Balaban J connectivity index is 2.02. The standard InChI is InChI=1S/C11H14N2O4/c1-15-13-11(14)8-2-4-12-10(6-8)17-9-3-5-16-7-9/h2,4,6,9H,3,5,7H2,1H3,(H,13,14)/t9-/m0/s1. The highest BCUT2D eigenvalue weighted by atomic mass is 16.6. The van der Waals surface area contributed by atoms with E-state index in [9.17, 15) is 4.79 Å². The van der Waals surface area contributed by atoms with Gasteiger partial charge in [0.1, 0.15) is 6.10 Å². The number of carbonyl (C=O) groups is 1. The van der Waals surface area contributed by atoms with Crippen molar-refractivity contribution in [2.45, 2.75) is 12.5 Å². The lowest BCUT2D eigenvalue weighted by Crippen LogP contribution is -2.22. The lowest BCUT2D eigenvalue weighted by molar-refractivity contribution is 0.0536. The molecule has 1 aromatic heterocycles. The summed E-state index contributed by atoms with van der Waals surface area (Å²) in [6.07, 6.45) is 2.38. The van der Waals surface area contributed by atoms with Crippen molar-refractivity contribution in [1.82, 2.24) is 10.5 Å². The van der Waals surface area contributed by atoms with Crippen LogP contribution in [0.5, 0.6) is 5.88 Å². The smallest absolute Gasteiger partial charge is 0.275 e. The van der Waals surface area contributed by atoms with Crippen LogP contribution in [0.1, 0.15) is 16.8 Å². The first-order chi connectivity index (χ1) is 8.29. The maximum atomic E-state index is 11.5. The number of rotatable bonds is 4. The number of aromatic nitrogens is 1. The van der Waals surface area contributed by atoms with E-state index in [1.54, 1.807) is 12.1 Å². The van der Waals surface area contributed by atoms with Gasteiger partial charge in [-0.15, -0.1) is 0 Å². The van der Waals surface area contributed by atoms with E-state index in [1.807, 2.05) is 0 Å². The lowest BCUT2D eigenvalue weighted by atomic mass is 10.2. The molecule has 1 aromatic rings. The highest BCUT2D eigenvalue weighted by Crippen LogP contribution is 2.15. The minimum absolute atomic E-state index is 0.0169. The third kappa shape index (κ3) is 3.15. The van der Waals surface area contributed by atoms with E-state index >= 15 is 0 Å². The van der Waals surface area contributed by atoms with Crippen molar-refractivity contribution in [3.63, 3.8) is 0 Å². The van der Waals surface area contributed by atoms with Gasteiger partial charge in [-0.2, -0.15) is 0 Å². The second kappa shape index (κ2) is 5.60. The van der Waals surface area contributed by atoms with E-state index in [-0.39, 0.29) is 12.0 Å². The SMILES string of the molecule is CONC(=O)c1ccnc(O[C@H]2CCOC2)c1. The molecule has 0 bridgehead atoms. The molecule has 2 heterocycles. The van der Waals surface area contributed by atoms with E-state index in [4.69, 9.17) is 9.47 Å². The quantitative estimate of drug-likeness (QED) is 0.775. The molecule has 0 unspecified atom stereocenters. The van der Waals surface area contributed by atoms with Crippen molar-refractivity contribution >= 4 is 5.91 Å². The minimum Gasteiger partial charge on any atom is -0.472 e. The molecule has 6 heteroatoms. The molecule has 1 atom stereocenters. The van der Waals surface area contributed by atoms with Crippen molar-refractivity contribution in [2.24, 2.45) is 0 Å². The van der Waals surface area contributed by atoms with Crippen molar-refractivity contribution in [3.05, 3.63) is 23.9 Å². The molecular formula is C11H14N2O4. The van der Waals surface area contributed by atoms with Gasteiger partial charge in [-0.05, 0) is 6.07 Å². The molecule has 92 valence electrons. The first kappa shape index (κ1) is 11.8. The summed E-state index contributed by atoms with van der Waals surface area (Å²) in [6, 6.07) is 3.17. The van der Waals surface area contributed by atoms with Crippen molar-refractivity contribution in [1.29, 1.82) is 0 Å². The van der Waals surface area contributed by atoms with E-state index in [2.05, 4.69) is 15.3 Å². The van der Waals surface area contributed by atoms with Gasteiger partial charge in [-0.25, -0.2) is 10.5 Å². The fourth-order valence-corrected chi connectivity index (χ4v) is 1.54. The van der Waals surface area contributed by atoms with Crippen LogP contribution in [-0.4, -0.2) is 37.3 Å². The van der Waals surface area contributed by atoms with E-state index in [0.717, 1.165) is 6.42 Å².